The van der Waals surface area contributed by atoms with Crippen molar-refractivity contribution in [1.82, 2.24) is 29.2 Å². The molecular formula is C56H78FKN9O5-. The van der Waals surface area contributed by atoms with Crippen LogP contribution in [0.15, 0.2) is 71.3 Å². The van der Waals surface area contributed by atoms with Gasteiger partial charge in [-0.15, -0.1) is 0 Å². The molecule has 3 amide bonds. The molecule has 0 radical (unpaired) electrons. The number of primary amides is 1. The van der Waals surface area contributed by atoms with E-state index in [-0.39, 0.29) is 91.9 Å². The van der Waals surface area contributed by atoms with E-state index in [2.05, 4.69) is 62.4 Å². The Kier molecular flexibility index (Phi) is 23.5. The fraction of sp³-hybridized carbons (Fsp3) is 0.500. The number of piperazine rings is 1. The Morgan fingerprint density at radius 1 is 0.917 bits per heavy atom. The first-order valence-corrected chi connectivity index (χ1v) is 25.4. The van der Waals surface area contributed by atoms with E-state index in [4.69, 9.17) is 5.73 Å². The SMILES string of the molecule is CC.CNc1ccn(-c2ccnc(C)c2/C=C(\C)CN2CCC(c3c(C)cc(C(=O)N4CCC(CN5CCN(Cc6ccc7c(c6)C(C)(C)C(=O)N7)CC5)CC4)cc3F)CC2)c(=O)c1.[CH2-]CCC(N)=O.[K+].[OH-]. The van der Waals surface area contributed by atoms with Crippen LogP contribution in [-0.4, -0.2) is 125 Å². The number of carbonyl (C=O) groups excluding carboxylic acids is 3. The molecule has 14 nitrogen and oxygen atoms in total. The second-order valence-electron chi connectivity index (χ2n) is 19.8. The van der Waals surface area contributed by atoms with Gasteiger partial charge >= 0.3 is 51.4 Å². The van der Waals surface area contributed by atoms with Crippen molar-refractivity contribution in [2.24, 2.45) is 11.7 Å². The molecule has 3 saturated heterocycles. The van der Waals surface area contributed by atoms with Crippen LogP contribution in [0.25, 0.3) is 11.8 Å². The summed E-state index contributed by atoms with van der Waals surface area (Å²) in [4.78, 5) is 62.8. The topological polar surface area (TPSA) is 179 Å². The maximum Gasteiger partial charge on any atom is 1.00 e. The Hall–Kier alpha value is -4.10. The molecule has 72 heavy (non-hydrogen) atoms. The number of hydrogen-bond acceptors (Lipinski definition) is 10. The van der Waals surface area contributed by atoms with Crippen molar-refractivity contribution in [3.63, 3.8) is 0 Å². The van der Waals surface area contributed by atoms with Crippen molar-refractivity contribution in [1.29, 1.82) is 0 Å². The summed E-state index contributed by atoms with van der Waals surface area (Å²) in [5, 5.41) is 6.03. The number of amides is 3. The quantitative estimate of drug-likeness (QED) is 0.120. The van der Waals surface area contributed by atoms with E-state index >= 15 is 4.39 Å². The van der Waals surface area contributed by atoms with Gasteiger partial charge in [-0.2, -0.15) is 6.42 Å². The summed E-state index contributed by atoms with van der Waals surface area (Å²) in [6.07, 6.45) is 10.3. The van der Waals surface area contributed by atoms with E-state index in [0.717, 1.165) is 130 Å². The maximum absolute atomic E-state index is 16.0. The monoisotopic (exact) mass is 1010 g/mol. The van der Waals surface area contributed by atoms with Crippen LogP contribution in [0.5, 0.6) is 0 Å². The molecule has 6 heterocycles. The van der Waals surface area contributed by atoms with E-state index in [1.54, 1.807) is 30.1 Å². The van der Waals surface area contributed by atoms with Gasteiger partial charge in [-0.05, 0) is 144 Å². The van der Waals surface area contributed by atoms with Crippen LogP contribution in [0.1, 0.15) is 123 Å². The summed E-state index contributed by atoms with van der Waals surface area (Å²) in [5.74, 6) is 0.113. The Morgan fingerprint density at radius 2 is 1.58 bits per heavy atom. The average Bonchev–Trinajstić information content (AvgIpc) is 3.57. The van der Waals surface area contributed by atoms with Crippen LogP contribution in [0.2, 0.25) is 0 Å². The number of aromatic nitrogens is 2. The molecule has 3 fully saturated rings. The van der Waals surface area contributed by atoms with Gasteiger partial charge in [0.25, 0.3) is 11.5 Å². The number of rotatable bonds is 13. The summed E-state index contributed by atoms with van der Waals surface area (Å²) < 4.78 is 17.6. The third-order valence-corrected chi connectivity index (χ3v) is 14.4. The summed E-state index contributed by atoms with van der Waals surface area (Å²) in [6, 6.07) is 15.1. The van der Waals surface area contributed by atoms with Crippen molar-refractivity contribution in [2.75, 3.05) is 83.1 Å². The van der Waals surface area contributed by atoms with Crippen LogP contribution in [-0.2, 0) is 21.5 Å². The largest absolute Gasteiger partial charge is 1.00 e. The third-order valence-electron chi connectivity index (χ3n) is 14.4. The smallest absolute Gasteiger partial charge is 0.870 e. The van der Waals surface area contributed by atoms with Gasteiger partial charge in [0.1, 0.15) is 5.82 Å². The van der Waals surface area contributed by atoms with Crippen LogP contribution < -0.4 is 73.3 Å². The van der Waals surface area contributed by atoms with Gasteiger partial charge in [-0.25, -0.2) is 4.39 Å². The molecule has 4 aliphatic rings. The Morgan fingerprint density at radius 3 is 2.18 bits per heavy atom. The van der Waals surface area contributed by atoms with Crippen LogP contribution in [0, 0.1) is 32.5 Å². The molecule has 8 rings (SSSR count). The van der Waals surface area contributed by atoms with E-state index in [1.807, 2.05) is 70.7 Å². The van der Waals surface area contributed by atoms with Gasteiger partial charge in [-0.3, -0.25) is 38.5 Å². The second-order valence-corrected chi connectivity index (χ2v) is 19.8. The average molecular weight is 1020 g/mol. The molecule has 0 saturated carbocycles. The van der Waals surface area contributed by atoms with E-state index in [1.165, 1.54) is 17.2 Å². The number of nitrogens with one attached hydrogen (secondary N) is 2. The molecule has 0 unspecified atom stereocenters. The van der Waals surface area contributed by atoms with Crippen LogP contribution in [0.3, 0.4) is 0 Å². The predicted octanol–water partition coefficient (Wildman–Crippen LogP) is 5.15. The molecular weight excluding hydrogens is 937 g/mol. The Bertz CT molecular complexity index is 2540. The zero-order valence-corrected chi connectivity index (χ0v) is 47.6. The van der Waals surface area contributed by atoms with Gasteiger partial charge in [-0.1, -0.05) is 37.6 Å². The third kappa shape index (κ3) is 15.3. The number of anilines is 2. The van der Waals surface area contributed by atoms with Crippen molar-refractivity contribution in [3.8, 4) is 5.69 Å². The molecule has 2 aromatic carbocycles. The normalized spacial score (nSPS) is 17.5. The van der Waals surface area contributed by atoms with Crippen LogP contribution in [0.4, 0.5) is 15.8 Å². The second kappa shape index (κ2) is 28.0. The molecule has 5 N–H and O–H groups in total. The fourth-order valence-electron chi connectivity index (χ4n) is 10.4. The fourth-order valence-corrected chi connectivity index (χ4v) is 10.4. The number of piperidine rings is 2. The van der Waals surface area contributed by atoms with Gasteiger partial charge < -0.3 is 38.6 Å². The number of aryl methyl sites for hydroxylation is 2. The maximum atomic E-state index is 16.0. The number of likely N-dealkylation sites (tertiary alicyclic amines) is 2. The van der Waals surface area contributed by atoms with Crippen molar-refractivity contribution >= 4 is 35.2 Å². The molecule has 0 atom stereocenters. The molecule has 0 bridgehead atoms. The zero-order valence-electron chi connectivity index (χ0n) is 44.5. The number of hydrogen-bond donors (Lipinski definition) is 3. The van der Waals surface area contributed by atoms with E-state index in [0.29, 0.717) is 37.4 Å². The number of halogens is 1. The van der Waals surface area contributed by atoms with Gasteiger partial charge in [0.2, 0.25) is 11.8 Å². The summed E-state index contributed by atoms with van der Waals surface area (Å²) in [7, 11) is 1.80. The standard InChI is InChI=1S/C50H63FN8O3.C4H8NO.C2H6.K.H2O/c1-33(25-41-35(3)53-15-9-45(41)59-20-14-40(52-6)29-46(59)60)30-55-16-12-38(13-17-55)47-34(2)26-39(28-43(47)51)48(61)58-18-10-36(11-19-58)31-56-21-23-57(24-22-56)32-37-7-8-44-42(27-37)50(4,5)49(62)54-44;1-2-3-4(5)6;1-2;;/h7-9,14-15,20,25-29,36,38,52H,10-13,16-19,21-24,30-32H2,1-6H3,(H,54,62);1-3H2,(H2,5,6);1-2H3;;1H2/q;-1;;+1;/p-1/b33-25+;;;;. The first kappa shape index (κ1) is 60.5. The Labute approximate surface area is 470 Å². The first-order valence-electron chi connectivity index (χ1n) is 25.4. The number of benzene rings is 2. The minimum absolute atomic E-state index is 0. The predicted molar refractivity (Wildman–Crippen MR) is 283 cm³/mol. The molecule has 0 aliphatic carbocycles. The Balaban J connectivity index is 0.00000105. The minimum Gasteiger partial charge on any atom is -0.870 e. The van der Waals surface area contributed by atoms with Crippen LogP contribution >= 0.6 is 0 Å². The van der Waals surface area contributed by atoms with Crippen molar-refractivity contribution < 1.29 is 75.6 Å². The van der Waals surface area contributed by atoms with Crippen molar-refractivity contribution in [3.05, 3.63) is 129 Å². The molecule has 4 aliphatic heterocycles. The van der Waals surface area contributed by atoms with E-state index < -0.39 is 5.41 Å². The number of pyridine rings is 2. The number of carbonyl (C=O) groups is 3. The van der Waals surface area contributed by atoms with E-state index in [9.17, 15) is 19.2 Å². The minimum atomic E-state index is -0.496. The molecule has 2 aromatic heterocycles. The number of nitrogens with two attached hydrogens (primary N) is 1. The molecule has 0 spiro atoms. The summed E-state index contributed by atoms with van der Waals surface area (Å²) in [6.45, 7) is 27.3. The molecule has 386 valence electrons. The van der Waals surface area contributed by atoms with Gasteiger partial charge in [0.05, 0.1) is 11.1 Å². The number of fused-ring (bicyclic) bond motifs is 1. The van der Waals surface area contributed by atoms with Crippen molar-refractivity contribution in [2.45, 2.75) is 105 Å². The van der Waals surface area contributed by atoms with Gasteiger partial charge in [0, 0.05) is 113 Å². The first-order chi connectivity index (χ1) is 33.5. The summed E-state index contributed by atoms with van der Waals surface area (Å²) >= 11 is 0. The summed E-state index contributed by atoms with van der Waals surface area (Å²) in [5.41, 5.74) is 14.0. The molecule has 16 heteroatoms. The van der Waals surface area contributed by atoms with Gasteiger partial charge in [0.15, 0.2) is 0 Å². The zero-order chi connectivity index (χ0) is 50.7. The molecule has 4 aromatic rings. The number of nitrogens with zero attached hydrogens (tertiary/aromatic N) is 6.